The van der Waals surface area contributed by atoms with Gasteiger partial charge in [-0.05, 0) is 12.0 Å². The van der Waals surface area contributed by atoms with Crippen molar-refractivity contribution in [3.05, 3.63) is 35.9 Å². The Morgan fingerprint density at radius 1 is 1.00 bits per heavy atom. The van der Waals surface area contributed by atoms with Gasteiger partial charge in [0.15, 0.2) is 0 Å². The number of unbranched alkanes of at least 4 members (excludes halogenated alkanes) is 3. The number of rotatable bonds is 7. The van der Waals surface area contributed by atoms with Gasteiger partial charge in [0.05, 0.1) is 0 Å². The van der Waals surface area contributed by atoms with Crippen LogP contribution in [0.2, 0.25) is 0 Å². The maximum Gasteiger partial charge on any atom is 0.252 e. The molecule has 0 aliphatic carbocycles. The Balaban J connectivity index is 2.33. The maximum absolute atomic E-state index is 13.5. The number of benzene rings is 1. The lowest BCUT2D eigenvalue weighted by molar-refractivity contribution is -0.00948. The quantitative estimate of drug-likeness (QED) is 0.584. The molecule has 0 aliphatic heterocycles. The summed E-state index contributed by atoms with van der Waals surface area (Å²) in [4.78, 5) is 0. The van der Waals surface area contributed by atoms with Crippen molar-refractivity contribution in [1.29, 1.82) is 0 Å². The molecule has 1 aromatic carbocycles. The average molecular weight is 226 g/mol. The molecule has 0 spiro atoms. The highest BCUT2D eigenvalue weighted by Gasteiger charge is 2.28. The molecule has 0 radical (unpaired) electrons. The standard InChI is InChI=1S/C14H20F2/c1-2-3-4-8-11-14(15,16)12-13-9-6-5-7-10-13/h5-7,9-10H,2-4,8,11-12H2,1H3. The van der Waals surface area contributed by atoms with Crippen molar-refractivity contribution in [3.63, 3.8) is 0 Å². The van der Waals surface area contributed by atoms with E-state index in [9.17, 15) is 8.78 Å². The average Bonchev–Trinajstić information content (AvgIpc) is 2.25. The van der Waals surface area contributed by atoms with Crippen molar-refractivity contribution in [1.82, 2.24) is 0 Å². The molecule has 2 heteroatoms. The summed E-state index contributed by atoms with van der Waals surface area (Å²) in [7, 11) is 0. The number of hydrogen-bond acceptors (Lipinski definition) is 0. The Kier molecular flexibility index (Phi) is 5.44. The first kappa shape index (κ1) is 13.1. The second-order valence-electron chi connectivity index (χ2n) is 4.33. The fourth-order valence-electron chi connectivity index (χ4n) is 1.79. The first-order valence-electron chi connectivity index (χ1n) is 6.06. The molecule has 0 fully saturated rings. The Labute approximate surface area is 96.7 Å². The van der Waals surface area contributed by atoms with Gasteiger partial charge in [-0.25, -0.2) is 8.78 Å². The highest BCUT2D eigenvalue weighted by atomic mass is 19.3. The summed E-state index contributed by atoms with van der Waals surface area (Å²) in [5.74, 6) is -2.55. The SMILES string of the molecule is CCCCCCC(F)(F)Cc1ccccc1. The third-order valence-corrected chi connectivity index (χ3v) is 2.70. The number of alkyl halides is 2. The summed E-state index contributed by atoms with van der Waals surface area (Å²) in [5, 5.41) is 0. The molecule has 0 nitrogen and oxygen atoms in total. The van der Waals surface area contributed by atoms with Gasteiger partial charge in [-0.3, -0.25) is 0 Å². The van der Waals surface area contributed by atoms with Crippen LogP contribution in [0, 0.1) is 0 Å². The lowest BCUT2D eigenvalue weighted by atomic mass is 10.0. The molecule has 0 aliphatic rings. The first-order valence-corrected chi connectivity index (χ1v) is 6.06. The zero-order chi connectivity index (χ0) is 11.9. The highest BCUT2D eigenvalue weighted by Crippen LogP contribution is 2.26. The summed E-state index contributed by atoms with van der Waals surface area (Å²) < 4.78 is 27.1. The normalized spacial score (nSPS) is 11.7. The van der Waals surface area contributed by atoms with Crippen molar-refractivity contribution in [2.45, 2.75) is 51.4 Å². The van der Waals surface area contributed by atoms with Crippen molar-refractivity contribution in [2.75, 3.05) is 0 Å². The van der Waals surface area contributed by atoms with Gasteiger partial charge >= 0.3 is 0 Å². The molecule has 1 rings (SSSR count). The molecule has 0 saturated heterocycles. The fraction of sp³-hybridized carbons (Fsp3) is 0.571. The van der Waals surface area contributed by atoms with Gasteiger partial charge in [0.25, 0.3) is 5.92 Å². The minimum Gasteiger partial charge on any atom is -0.207 e. The van der Waals surface area contributed by atoms with Crippen LogP contribution >= 0.6 is 0 Å². The highest BCUT2D eigenvalue weighted by molar-refractivity contribution is 5.16. The van der Waals surface area contributed by atoms with E-state index in [4.69, 9.17) is 0 Å². The van der Waals surface area contributed by atoms with Crippen molar-refractivity contribution < 1.29 is 8.78 Å². The second-order valence-corrected chi connectivity index (χ2v) is 4.33. The topological polar surface area (TPSA) is 0 Å². The maximum atomic E-state index is 13.5. The van der Waals surface area contributed by atoms with Gasteiger partial charge in [0.2, 0.25) is 0 Å². The van der Waals surface area contributed by atoms with Gasteiger partial charge in [-0.15, -0.1) is 0 Å². The van der Waals surface area contributed by atoms with Gasteiger partial charge < -0.3 is 0 Å². The minimum absolute atomic E-state index is 0.0158. The Morgan fingerprint density at radius 3 is 2.31 bits per heavy atom. The zero-order valence-corrected chi connectivity index (χ0v) is 9.89. The molecule has 1 aromatic rings. The molecule has 16 heavy (non-hydrogen) atoms. The molecule has 0 atom stereocenters. The summed E-state index contributed by atoms with van der Waals surface area (Å²) in [5.41, 5.74) is 0.725. The molecule has 0 heterocycles. The molecule has 0 saturated carbocycles. The van der Waals surface area contributed by atoms with Crippen LogP contribution in [0.4, 0.5) is 8.78 Å². The Morgan fingerprint density at radius 2 is 1.69 bits per heavy atom. The van der Waals surface area contributed by atoms with Gasteiger partial charge in [0, 0.05) is 12.8 Å². The number of hydrogen-bond donors (Lipinski definition) is 0. The Hall–Kier alpha value is -0.920. The zero-order valence-electron chi connectivity index (χ0n) is 9.89. The van der Waals surface area contributed by atoms with E-state index < -0.39 is 5.92 Å². The summed E-state index contributed by atoms with van der Waals surface area (Å²) >= 11 is 0. The molecule has 0 N–H and O–H groups in total. The third kappa shape index (κ3) is 5.24. The van der Waals surface area contributed by atoms with E-state index in [0.717, 1.165) is 24.8 Å². The molecule has 0 bridgehead atoms. The third-order valence-electron chi connectivity index (χ3n) is 2.70. The van der Waals surface area contributed by atoms with Crippen LogP contribution in [0.1, 0.15) is 44.6 Å². The predicted octanol–water partition coefficient (Wildman–Crippen LogP) is 4.83. The van der Waals surface area contributed by atoms with Crippen LogP contribution in [0.3, 0.4) is 0 Å². The molecule has 0 amide bonds. The van der Waals surface area contributed by atoms with E-state index in [2.05, 4.69) is 6.92 Å². The summed E-state index contributed by atoms with van der Waals surface area (Å²) in [6, 6.07) is 8.99. The molecular formula is C14H20F2. The van der Waals surface area contributed by atoms with Crippen LogP contribution < -0.4 is 0 Å². The lowest BCUT2D eigenvalue weighted by Gasteiger charge is -2.16. The van der Waals surface area contributed by atoms with Crippen LogP contribution in [0.15, 0.2) is 30.3 Å². The van der Waals surface area contributed by atoms with E-state index in [1.165, 1.54) is 0 Å². The number of halogens is 2. The van der Waals surface area contributed by atoms with E-state index in [1.807, 2.05) is 18.2 Å². The van der Waals surface area contributed by atoms with E-state index >= 15 is 0 Å². The van der Waals surface area contributed by atoms with E-state index in [-0.39, 0.29) is 12.8 Å². The van der Waals surface area contributed by atoms with Gasteiger partial charge in [-0.1, -0.05) is 56.5 Å². The summed E-state index contributed by atoms with van der Waals surface area (Å²) in [6.07, 6.45) is 3.59. The van der Waals surface area contributed by atoms with Crippen LogP contribution in [-0.4, -0.2) is 5.92 Å². The predicted molar refractivity (Wildman–Crippen MR) is 63.9 cm³/mol. The molecular weight excluding hydrogens is 206 g/mol. The molecule has 0 aromatic heterocycles. The van der Waals surface area contributed by atoms with Crippen molar-refractivity contribution in [2.24, 2.45) is 0 Å². The van der Waals surface area contributed by atoms with E-state index in [1.54, 1.807) is 12.1 Å². The fourth-order valence-corrected chi connectivity index (χ4v) is 1.79. The molecule has 90 valence electrons. The monoisotopic (exact) mass is 226 g/mol. The van der Waals surface area contributed by atoms with Crippen molar-refractivity contribution >= 4 is 0 Å². The smallest absolute Gasteiger partial charge is 0.207 e. The second kappa shape index (κ2) is 6.62. The Bertz CT molecular complexity index is 280. The van der Waals surface area contributed by atoms with Crippen molar-refractivity contribution in [3.8, 4) is 0 Å². The van der Waals surface area contributed by atoms with Crippen LogP contribution in [-0.2, 0) is 6.42 Å². The molecule has 0 unspecified atom stereocenters. The van der Waals surface area contributed by atoms with Gasteiger partial charge in [-0.2, -0.15) is 0 Å². The van der Waals surface area contributed by atoms with Gasteiger partial charge in [0.1, 0.15) is 0 Å². The minimum atomic E-state index is -2.55. The lowest BCUT2D eigenvalue weighted by Crippen LogP contribution is -2.19. The van der Waals surface area contributed by atoms with Crippen LogP contribution in [0.5, 0.6) is 0 Å². The van der Waals surface area contributed by atoms with Crippen LogP contribution in [0.25, 0.3) is 0 Å². The first-order chi connectivity index (χ1) is 7.64. The summed E-state index contributed by atoms with van der Waals surface area (Å²) in [6.45, 7) is 2.09. The van der Waals surface area contributed by atoms with E-state index in [0.29, 0.717) is 6.42 Å². The largest absolute Gasteiger partial charge is 0.252 e.